The number of anilines is 1. The molecule has 0 radical (unpaired) electrons. The number of thiophene rings is 1. The topological polar surface area (TPSA) is 35.5 Å². The van der Waals surface area contributed by atoms with Gasteiger partial charge in [-0.3, -0.25) is 4.90 Å². The van der Waals surface area contributed by atoms with Gasteiger partial charge in [0.05, 0.1) is 11.9 Å². The minimum absolute atomic E-state index is 0.898. The molecule has 0 spiro atoms. The quantitative estimate of drug-likeness (QED) is 0.779. The molecule has 148 valence electrons. The van der Waals surface area contributed by atoms with E-state index >= 15 is 0 Å². The largest absolute Gasteiger partial charge is 0.355 e. The van der Waals surface area contributed by atoms with Crippen molar-refractivity contribution in [2.75, 3.05) is 50.7 Å². The minimum Gasteiger partial charge on any atom is -0.355 e. The predicted molar refractivity (Wildman–Crippen MR) is 115 cm³/mol. The summed E-state index contributed by atoms with van der Waals surface area (Å²) in [5.41, 5.74) is 1.37. The Morgan fingerprint density at radius 1 is 0.889 bits per heavy atom. The molecule has 4 heterocycles. The summed E-state index contributed by atoms with van der Waals surface area (Å²) >= 11 is 1.84. The van der Waals surface area contributed by atoms with Gasteiger partial charge in [0, 0.05) is 24.5 Å². The normalized spacial score (nSPS) is 19.9. The molecular weight excluding hydrogens is 354 g/mol. The highest BCUT2D eigenvalue weighted by Crippen LogP contribution is 2.35. The Kier molecular flexibility index (Phi) is 5.95. The molecule has 0 bridgehead atoms. The van der Waals surface area contributed by atoms with Gasteiger partial charge in [-0.25, -0.2) is 9.97 Å². The van der Waals surface area contributed by atoms with Crippen LogP contribution in [-0.2, 0) is 6.54 Å². The van der Waals surface area contributed by atoms with Crippen LogP contribution < -0.4 is 4.90 Å². The molecule has 0 atom stereocenters. The van der Waals surface area contributed by atoms with E-state index in [1.807, 2.05) is 11.3 Å². The van der Waals surface area contributed by atoms with E-state index < -0.39 is 0 Å². The molecule has 2 aromatic heterocycles. The molecule has 0 N–H and O–H groups in total. The van der Waals surface area contributed by atoms with Gasteiger partial charge in [0.1, 0.15) is 16.5 Å². The third-order valence-electron chi connectivity index (χ3n) is 6.05. The van der Waals surface area contributed by atoms with Crippen LogP contribution in [0.5, 0.6) is 0 Å². The zero-order chi connectivity index (χ0) is 18.8. The first-order valence-corrected chi connectivity index (χ1v) is 11.4. The van der Waals surface area contributed by atoms with Crippen LogP contribution >= 0.6 is 11.3 Å². The molecule has 5 nitrogen and oxygen atoms in total. The molecule has 6 heteroatoms. The van der Waals surface area contributed by atoms with Gasteiger partial charge in [-0.15, -0.1) is 11.3 Å². The minimum atomic E-state index is 0.898. The molecule has 0 aliphatic carbocycles. The number of hydrogen-bond acceptors (Lipinski definition) is 6. The van der Waals surface area contributed by atoms with Gasteiger partial charge in [0.15, 0.2) is 0 Å². The molecule has 4 rings (SSSR count). The van der Waals surface area contributed by atoms with E-state index in [1.54, 1.807) is 0 Å². The maximum Gasteiger partial charge on any atom is 0.146 e. The second-order valence-corrected chi connectivity index (χ2v) is 9.30. The van der Waals surface area contributed by atoms with Crippen molar-refractivity contribution in [2.24, 2.45) is 0 Å². The lowest BCUT2D eigenvalue weighted by molar-refractivity contribution is 0.294. The van der Waals surface area contributed by atoms with Crippen LogP contribution in [0.4, 0.5) is 5.82 Å². The highest BCUT2D eigenvalue weighted by molar-refractivity contribution is 7.18. The summed E-state index contributed by atoms with van der Waals surface area (Å²) in [6, 6.07) is 0. The molecule has 0 saturated carbocycles. The van der Waals surface area contributed by atoms with Crippen molar-refractivity contribution in [3.8, 4) is 0 Å². The molecule has 0 amide bonds. The summed E-state index contributed by atoms with van der Waals surface area (Å²) in [6.07, 6.45) is 5.08. The third-order valence-corrected chi connectivity index (χ3v) is 7.15. The van der Waals surface area contributed by atoms with Crippen molar-refractivity contribution in [2.45, 2.75) is 53.0 Å². The summed E-state index contributed by atoms with van der Waals surface area (Å²) in [7, 11) is 0. The van der Waals surface area contributed by atoms with E-state index in [9.17, 15) is 0 Å². The highest BCUT2D eigenvalue weighted by atomic mass is 32.1. The number of aryl methyl sites for hydroxylation is 2. The number of likely N-dealkylation sites (tertiary alicyclic amines) is 1. The van der Waals surface area contributed by atoms with Crippen molar-refractivity contribution in [3.05, 3.63) is 16.3 Å². The van der Waals surface area contributed by atoms with Crippen LogP contribution in [0.1, 0.15) is 48.9 Å². The maximum absolute atomic E-state index is 5.14. The summed E-state index contributed by atoms with van der Waals surface area (Å²) in [5.74, 6) is 2.20. The smallest absolute Gasteiger partial charge is 0.146 e. The Bertz CT molecular complexity index is 780. The molecule has 2 saturated heterocycles. The van der Waals surface area contributed by atoms with Crippen LogP contribution in [0, 0.1) is 13.8 Å². The Morgan fingerprint density at radius 3 is 2.44 bits per heavy atom. The van der Waals surface area contributed by atoms with E-state index in [0.29, 0.717) is 0 Å². The number of nitrogens with zero attached hydrogens (tertiary/aromatic N) is 5. The highest BCUT2D eigenvalue weighted by Gasteiger charge is 2.23. The van der Waals surface area contributed by atoms with Crippen molar-refractivity contribution >= 4 is 27.4 Å². The molecule has 2 aliphatic heterocycles. The molecule has 2 aromatic rings. The first-order chi connectivity index (χ1) is 13.2. The van der Waals surface area contributed by atoms with E-state index in [4.69, 9.17) is 9.97 Å². The van der Waals surface area contributed by atoms with Crippen LogP contribution in [0.3, 0.4) is 0 Å². The van der Waals surface area contributed by atoms with E-state index in [0.717, 1.165) is 32.0 Å². The van der Waals surface area contributed by atoms with Crippen molar-refractivity contribution in [3.63, 3.8) is 0 Å². The summed E-state index contributed by atoms with van der Waals surface area (Å²) in [4.78, 5) is 20.3. The number of fused-ring (bicyclic) bond motifs is 1. The average Bonchev–Trinajstić information content (AvgIpc) is 3.17. The van der Waals surface area contributed by atoms with Crippen molar-refractivity contribution < 1.29 is 0 Å². The lowest BCUT2D eigenvalue weighted by atomic mass is 10.2. The zero-order valence-electron chi connectivity index (χ0n) is 17.1. The third kappa shape index (κ3) is 4.13. The van der Waals surface area contributed by atoms with E-state index in [2.05, 4.69) is 35.5 Å². The lowest BCUT2D eigenvalue weighted by Gasteiger charge is -2.24. The van der Waals surface area contributed by atoms with Gasteiger partial charge in [0.2, 0.25) is 0 Å². The monoisotopic (exact) mass is 387 g/mol. The number of hydrogen-bond donors (Lipinski definition) is 0. The molecular formula is C21H33N5S. The summed E-state index contributed by atoms with van der Waals surface area (Å²) in [5, 5.41) is 1.30. The zero-order valence-corrected chi connectivity index (χ0v) is 17.9. The van der Waals surface area contributed by atoms with Gasteiger partial charge in [-0.2, -0.15) is 0 Å². The Balaban J connectivity index is 1.66. The lowest BCUT2D eigenvalue weighted by Crippen LogP contribution is -2.32. The van der Waals surface area contributed by atoms with Crippen LogP contribution in [0.25, 0.3) is 10.2 Å². The summed E-state index contributed by atoms with van der Waals surface area (Å²) in [6.45, 7) is 15.7. The van der Waals surface area contributed by atoms with Crippen LogP contribution in [0.15, 0.2) is 0 Å². The van der Waals surface area contributed by atoms with Gasteiger partial charge >= 0.3 is 0 Å². The number of aromatic nitrogens is 2. The second kappa shape index (κ2) is 8.41. The summed E-state index contributed by atoms with van der Waals surface area (Å²) < 4.78 is 0. The van der Waals surface area contributed by atoms with Gasteiger partial charge in [-0.05, 0) is 71.3 Å². The second-order valence-electron chi connectivity index (χ2n) is 8.09. The molecule has 0 aromatic carbocycles. The predicted octanol–water partition coefficient (Wildman–Crippen LogP) is 3.83. The molecule has 0 unspecified atom stereocenters. The fourth-order valence-corrected chi connectivity index (χ4v) is 5.48. The van der Waals surface area contributed by atoms with Crippen LogP contribution in [0.2, 0.25) is 0 Å². The SMILES string of the molecule is CCCN1CCCN(c2nc(CN3CCCC3)nc3sc(C)c(C)c23)CC1. The van der Waals surface area contributed by atoms with E-state index in [1.165, 1.54) is 78.3 Å². The fourth-order valence-electron chi connectivity index (χ4n) is 4.43. The van der Waals surface area contributed by atoms with Gasteiger partial charge in [0.25, 0.3) is 0 Å². The van der Waals surface area contributed by atoms with Crippen LogP contribution in [-0.4, -0.2) is 65.6 Å². The van der Waals surface area contributed by atoms with E-state index in [-0.39, 0.29) is 0 Å². The van der Waals surface area contributed by atoms with Crippen molar-refractivity contribution in [1.82, 2.24) is 19.8 Å². The fraction of sp³-hybridized carbons (Fsp3) is 0.714. The molecule has 2 aliphatic rings. The number of rotatable bonds is 5. The standard InChI is InChI=1S/C21H33N5S/c1-4-8-24-11-7-12-26(14-13-24)20-19-16(2)17(3)27-21(19)23-18(22-20)15-25-9-5-6-10-25/h4-15H2,1-3H3. The maximum atomic E-state index is 5.14. The Hall–Kier alpha value is -1.24. The first-order valence-electron chi connectivity index (χ1n) is 10.6. The Morgan fingerprint density at radius 2 is 1.67 bits per heavy atom. The average molecular weight is 388 g/mol. The van der Waals surface area contributed by atoms with Gasteiger partial charge in [-0.1, -0.05) is 6.92 Å². The molecule has 27 heavy (non-hydrogen) atoms. The van der Waals surface area contributed by atoms with Gasteiger partial charge < -0.3 is 9.80 Å². The Labute approximate surface area is 167 Å². The molecule has 2 fully saturated rings. The first kappa shape index (κ1) is 19.1. The van der Waals surface area contributed by atoms with Crippen molar-refractivity contribution in [1.29, 1.82) is 0 Å².